The van der Waals surface area contributed by atoms with Gasteiger partial charge in [0.05, 0.1) is 6.54 Å². The van der Waals surface area contributed by atoms with Crippen molar-refractivity contribution in [3.8, 4) is 0 Å². The van der Waals surface area contributed by atoms with Crippen LogP contribution in [-0.2, 0) is 17.9 Å². The summed E-state index contributed by atoms with van der Waals surface area (Å²) in [5.41, 5.74) is 2.30. The summed E-state index contributed by atoms with van der Waals surface area (Å²) in [4.78, 5) is 14.4. The van der Waals surface area contributed by atoms with Gasteiger partial charge in [-0.1, -0.05) is 74.5 Å². The van der Waals surface area contributed by atoms with E-state index in [2.05, 4.69) is 29.6 Å². The second-order valence-electron chi connectivity index (χ2n) is 5.76. The van der Waals surface area contributed by atoms with E-state index in [4.69, 9.17) is 0 Å². The van der Waals surface area contributed by atoms with Crippen molar-refractivity contribution in [1.29, 1.82) is 0 Å². The molecule has 0 spiro atoms. The summed E-state index contributed by atoms with van der Waals surface area (Å²) in [6.07, 6.45) is 0. The summed E-state index contributed by atoms with van der Waals surface area (Å²) >= 11 is 0. The Kier molecular flexibility index (Phi) is 6.16. The van der Waals surface area contributed by atoms with Gasteiger partial charge in [-0.3, -0.25) is 4.79 Å². The van der Waals surface area contributed by atoms with Crippen molar-refractivity contribution in [2.24, 2.45) is 0 Å². The van der Waals surface area contributed by atoms with Gasteiger partial charge in [0, 0.05) is 19.1 Å². The van der Waals surface area contributed by atoms with E-state index in [-0.39, 0.29) is 5.91 Å². The van der Waals surface area contributed by atoms with E-state index < -0.39 is 0 Å². The zero-order valence-electron chi connectivity index (χ0n) is 13.3. The Balaban J connectivity index is 2.07. The van der Waals surface area contributed by atoms with Crippen molar-refractivity contribution in [3.63, 3.8) is 0 Å². The van der Waals surface area contributed by atoms with Gasteiger partial charge in [0.15, 0.2) is 0 Å². The highest BCUT2D eigenvalue weighted by Gasteiger charge is 2.14. The lowest BCUT2D eigenvalue weighted by atomic mass is 10.1. The Bertz CT molecular complexity index is 525. The lowest BCUT2D eigenvalue weighted by Gasteiger charge is -2.24. The first kappa shape index (κ1) is 16.2. The molecule has 0 aliphatic carbocycles. The first-order valence-corrected chi connectivity index (χ1v) is 7.74. The number of hydrogen-bond acceptors (Lipinski definition) is 2. The smallest absolute Gasteiger partial charge is 0.237 e. The summed E-state index contributed by atoms with van der Waals surface area (Å²) in [6.45, 7) is 5.73. The minimum atomic E-state index is 0.126. The second kappa shape index (κ2) is 8.35. The summed E-state index contributed by atoms with van der Waals surface area (Å²) in [6, 6.07) is 20.5. The molecule has 0 fully saturated rings. The molecule has 0 aliphatic rings. The van der Waals surface area contributed by atoms with Crippen LogP contribution in [0.5, 0.6) is 0 Å². The maximum Gasteiger partial charge on any atom is 0.237 e. The zero-order chi connectivity index (χ0) is 15.8. The van der Waals surface area contributed by atoms with Crippen LogP contribution in [0, 0.1) is 0 Å². The van der Waals surface area contributed by atoms with Crippen LogP contribution in [0.15, 0.2) is 60.7 Å². The fourth-order valence-corrected chi connectivity index (χ4v) is 2.24. The summed E-state index contributed by atoms with van der Waals surface area (Å²) in [7, 11) is 0. The van der Waals surface area contributed by atoms with E-state index in [1.165, 1.54) is 0 Å². The molecule has 2 aromatic carbocycles. The summed E-state index contributed by atoms with van der Waals surface area (Å²) in [5, 5.41) is 3.21. The molecule has 3 nitrogen and oxygen atoms in total. The van der Waals surface area contributed by atoms with Crippen molar-refractivity contribution >= 4 is 5.91 Å². The molecule has 22 heavy (non-hydrogen) atoms. The third-order valence-corrected chi connectivity index (χ3v) is 3.45. The molecule has 1 amide bonds. The number of hydrogen-bond donors (Lipinski definition) is 1. The van der Waals surface area contributed by atoms with Gasteiger partial charge in [0.1, 0.15) is 0 Å². The fraction of sp³-hybridized carbons (Fsp3) is 0.316. The predicted molar refractivity (Wildman–Crippen MR) is 90.3 cm³/mol. The van der Waals surface area contributed by atoms with E-state index in [0.717, 1.165) is 11.1 Å². The molecule has 2 aromatic rings. The molecular weight excluding hydrogens is 272 g/mol. The highest BCUT2D eigenvalue weighted by atomic mass is 16.2. The molecule has 0 saturated carbocycles. The molecule has 2 rings (SSSR count). The Hall–Kier alpha value is -2.13. The molecule has 0 saturated heterocycles. The Morgan fingerprint density at radius 3 is 1.77 bits per heavy atom. The number of nitrogens with zero attached hydrogens (tertiary/aromatic N) is 1. The maximum atomic E-state index is 12.5. The van der Waals surface area contributed by atoms with Gasteiger partial charge in [-0.25, -0.2) is 0 Å². The van der Waals surface area contributed by atoms with Gasteiger partial charge in [-0.2, -0.15) is 0 Å². The van der Waals surface area contributed by atoms with Crippen molar-refractivity contribution in [1.82, 2.24) is 10.2 Å². The molecule has 0 aromatic heterocycles. The molecular formula is C19H24N2O. The van der Waals surface area contributed by atoms with Gasteiger partial charge in [-0.05, 0) is 11.1 Å². The minimum absolute atomic E-state index is 0.126. The van der Waals surface area contributed by atoms with Crippen molar-refractivity contribution in [2.75, 3.05) is 6.54 Å². The van der Waals surface area contributed by atoms with Crippen LogP contribution in [0.25, 0.3) is 0 Å². The number of carbonyl (C=O) groups excluding carboxylic acids is 1. The Labute approximate surface area is 133 Å². The average molecular weight is 296 g/mol. The largest absolute Gasteiger partial charge is 0.333 e. The molecule has 0 heterocycles. The van der Waals surface area contributed by atoms with Crippen LogP contribution in [0.4, 0.5) is 0 Å². The number of nitrogens with one attached hydrogen (secondary N) is 1. The fourth-order valence-electron chi connectivity index (χ4n) is 2.24. The third kappa shape index (κ3) is 5.34. The van der Waals surface area contributed by atoms with E-state index in [1.807, 2.05) is 55.1 Å². The molecule has 1 N–H and O–H groups in total. The van der Waals surface area contributed by atoms with Crippen LogP contribution in [0.3, 0.4) is 0 Å². The number of carbonyl (C=O) groups is 1. The number of amides is 1. The van der Waals surface area contributed by atoms with E-state index in [0.29, 0.717) is 25.7 Å². The quantitative estimate of drug-likeness (QED) is 0.851. The minimum Gasteiger partial charge on any atom is -0.333 e. The molecule has 0 bridgehead atoms. The number of rotatable bonds is 7. The maximum absolute atomic E-state index is 12.5. The standard InChI is InChI=1S/C19H24N2O/c1-16(2)20-13-19(22)21(14-17-9-5-3-6-10-17)15-18-11-7-4-8-12-18/h3-12,16,20H,13-15H2,1-2H3. The van der Waals surface area contributed by atoms with E-state index in [9.17, 15) is 4.79 Å². The number of benzene rings is 2. The topological polar surface area (TPSA) is 32.3 Å². The highest BCUT2D eigenvalue weighted by molar-refractivity contribution is 5.78. The van der Waals surface area contributed by atoms with E-state index in [1.54, 1.807) is 0 Å². The highest BCUT2D eigenvalue weighted by Crippen LogP contribution is 2.10. The van der Waals surface area contributed by atoms with Crippen LogP contribution in [0.1, 0.15) is 25.0 Å². The first-order chi connectivity index (χ1) is 10.6. The van der Waals surface area contributed by atoms with Gasteiger partial charge >= 0.3 is 0 Å². The monoisotopic (exact) mass is 296 g/mol. The first-order valence-electron chi connectivity index (χ1n) is 7.74. The van der Waals surface area contributed by atoms with Crippen molar-refractivity contribution < 1.29 is 4.79 Å². The Morgan fingerprint density at radius 1 is 0.909 bits per heavy atom. The van der Waals surface area contributed by atoms with Crippen LogP contribution < -0.4 is 5.32 Å². The van der Waals surface area contributed by atoms with Crippen molar-refractivity contribution in [3.05, 3.63) is 71.8 Å². The molecule has 3 heteroatoms. The van der Waals surface area contributed by atoms with Gasteiger partial charge in [-0.15, -0.1) is 0 Å². The van der Waals surface area contributed by atoms with Crippen LogP contribution in [-0.4, -0.2) is 23.4 Å². The van der Waals surface area contributed by atoms with Gasteiger partial charge in [0.25, 0.3) is 0 Å². The SMILES string of the molecule is CC(C)NCC(=O)N(Cc1ccccc1)Cc1ccccc1. The molecule has 0 radical (unpaired) electrons. The normalized spacial score (nSPS) is 10.7. The van der Waals surface area contributed by atoms with E-state index >= 15 is 0 Å². The third-order valence-electron chi connectivity index (χ3n) is 3.45. The zero-order valence-corrected chi connectivity index (χ0v) is 13.3. The van der Waals surface area contributed by atoms with Crippen LogP contribution >= 0.6 is 0 Å². The van der Waals surface area contributed by atoms with Crippen molar-refractivity contribution in [2.45, 2.75) is 33.0 Å². The van der Waals surface area contributed by atoms with Crippen LogP contribution in [0.2, 0.25) is 0 Å². The summed E-state index contributed by atoms with van der Waals surface area (Å²) in [5.74, 6) is 0.126. The van der Waals surface area contributed by atoms with Gasteiger partial charge < -0.3 is 10.2 Å². The molecule has 0 aliphatic heterocycles. The second-order valence-corrected chi connectivity index (χ2v) is 5.76. The average Bonchev–Trinajstić information content (AvgIpc) is 2.54. The molecule has 0 atom stereocenters. The predicted octanol–water partition coefficient (Wildman–Crippen LogP) is 3.21. The Morgan fingerprint density at radius 2 is 1.36 bits per heavy atom. The lowest BCUT2D eigenvalue weighted by Crippen LogP contribution is -2.39. The lowest BCUT2D eigenvalue weighted by molar-refractivity contribution is -0.131. The molecule has 116 valence electrons. The molecule has 0 unspecified atom stereocenters. The summed E-state index contributed by atoms with van der Waals surface area (Å²) < 4.78 is 0. The van der Waals surface area contributed by atoms with Gasteiger partial charge in [0.2, 0.25) is 5.91 Å².